The van der Waals surface area contributed by atoms with E-state index in [1.54, 1.807) is 21.3 Å². The second-order valence-electron chi connectivity index (χ2n) is 16.5. The predicted octanol–water partition coefficient (Wildman–Crippen LogP) is 16.4. The van der Waals surface area contributed by atoms with Crippen LogP contribution in [-0.2, 0) is 0 Å². The molecule has 3 nitrogen and oxygen atoms in total. The van der Waals surface area contributed by atoms with E-state index in [4.69, 9.17) is 14.2 Å². The summed E-state index contributed by atoms with van der Waals surface area (Å²) in [6.07, 6.45) is 0. The van der Waals surface area contributed by atoms with Gasteiger partial charge in [0.25, 0.3) is 0 Å². The second-order valence-corrected chi connectivity index (χ2v) is 16.5. The maximum atomic E-state index is 5.41. The first-order chi connectivity index (χ1) is 30.8. The van der Waals surface area contributed by atoms with Crippen LogP contribution in [0.1, 0.15) is 16.7 Å². The highest BCUT2D eigenvalue weighted by Crippen LogP contribution is 2.40. The Morgan fingerprint density at radius 3 is 0.683 bits per heavy atom. The van der Waals surface area contributed by atoms with Gasteiger partial charge in [0.1, 0.15) is 17.2 Å². The van der Waals surface area contributed by atoms with E-state index >= 15 is 0 Å². The zero-order valence-corrected chi connectivity index (χ0v) is 36.5. The number of aryl methyl sites for hydroxylation is 3. The lowest BCUT2D eigenvalue weighted by molar-refractivity contribution is 0.415. The van der Waals surface area contributed by atoms with Crippen molar-refractivity contribution in [3.8, 4) is 17.2 Å². The second kappa shape index (κ2) is 16.3. The van der Waals surface area contributed by atoms with Crippen molar-refractivity contribution in [1.82, 2.24) is 0 Å². The molecule has 0 aromatic heterocycles. The monoisotopic (exact) mass is 816 g/mol. The molecule has 0 aliphatic rings. The lowest BCUT2D eigenvalue weighted by Gasteiger charge is -2.12. The number of methoxy groups -OCH3 is 3. The standard InChI is InChI=1S/3C20H16O/c1-13-7-9-18-19(11-13)16-6-4-3-5-15(16)17-10-8-14(21-2)12-20(17)18;1-13-7-9-17-18-10-8-14(21-2)12-20(18)16-6-4-3-5-15(16)19(17)11-13;1-13-7-9-17-15-5-3-4-6-16(15)18-10-8-14(21-2)12-20(18)19(17)11-13/h3*3-12H,1-2H3. The van der Waals surface area contributed by atoms with E-state index in [2.05, 4.69) is 185 Å². The van der Waals surface area contributed by atoms with E-state index < -0.39 is 0 Å². The van der Waals surface area contributed by atoms with Gasteiger partial charge in [-0.3, -0.25) is 0 Å². The summed E-state index contributed by atoms with van der Waals surface area (Å²) in [4.78, 5) is 0. The van der Waals surface area contributed by atoms with Gasteiger partial charge in [-0.15, -0.1) is 0 Å². The number of ether oxygens (including phenoxy) is 3. The molecule has 0 radical (unpaired) electrons. The summed E-state index contributed by atoms with van der Waals surface area (Å²) < 4.78 is 16.2. The molecule has 12 rings (SSSR count). The van der Waals surface area contributed by atoms with Gasteiger partial charge in [0.2, 0.25) is 0 Å². The molecule has 0 fully saturated rings. The van der Waals surface area contributed by atoms with E-state index in [0.717, 1.165) is 17.2 Å². The zero-order valence-electron chi connectivity index (χ0n) is 36.5. The van der Waals surface area contributed by atoms with Crippen LogP contribution in [0.15, 0.2) is 182 Å². The number of fused-ring (bicyclic) bond motifs is 18. The minimum Gasteiger partial charge on any atom is -0.497 e. The number of benzene rings is 12. The molecule has 12 aromatic carbocycles. The number of hydrogen-bond acceptors (Lipinski definition) is 3. The first-order valence-corrected chi connectivity index (χ1v) is 21.5. The molecule has 0 bridgehead atoms. The van der Waals surface area contributed by atoms with E-state index in [1.807, 2.05) is 18.2 Å². The third-order valence-corrected chi connectivity index (χ3v) is 12.6. The van der Waals surface area contributed by atoms with Crippen molar-refractivity contribution < 1.29 is 14.2 Å². The van der Waals surface area contributed by atoms with Crippen LogP contribution in [-0.4, -0.2) is 21.3 Å². The van der Waals surface area contributed by atoms with Gasteiger partial charge in [-0.05, 0) is 154 Å². The van der Waals surface area contributed by atoms with Gasteiger partial charge < -0.3 is 14.2 Å². The fourth-order valence-corrected chi connectivity index (χ4v) is 9.53. The quantitative estimate of drug-likeness (QED) is 0.166. The van der Waals surface area contributed by atoms with Crippen LogP contribution in [0.2, 0.25) is 0 Å². The van der Waals surface area contributed by atoms with Crippen molar-refractivity contribution in [2.24, 2.45) is 0 Å². The Bertz CT molecular complexity index is 3700. The van der Waals surface area contributed by atoms with Gasteiger partial charge >= 0.3 is 0 Å². The van der Waals surface area contributed by atoms with Crippen LogP contribution < -0.4 is 14.2 Å². The minimum atomic E-state index is 0.902. The molecule has 12 aromatic rings. The van der Waals surface area contributed by atoms with E-state index in [9.17, 15) is 0 Å². The fourth-order valence-electron chi connectivity index (χ4n) is 9.53. The molecule has 0 atom stereocenters. The van der Waals surface area contributed by atoms with E-state index in [0.29, 0.717) is 0 Å². The van der Waals surface area contributed by atoms with Crippen LogP contribution in [0.3, 0.4) is 0 Å². The fraction of sp³-hybridized carbons (Fsp3) is 0.100. The first kappa shape index (κ1) is 39.5. The SMILES string of the molecule is COc1ccc2c3ccc(C)cc3c3ccccc3c2c1.COc1ccc2c3ccccc3c3cc(C)ccc3c2c1.COc1ccc2c3ccccc3c3ccc(C)cc3c2c1. The van der Waals surface area contributed by atoms with Crippen molar-refractivity contribution in [3.05, 3.63) is 199 Å². The average molecular weight is 817 g/mol. The topological polar surface area (TPSA) is 27.7 Å². The van der Waals surface area contributed by atoms with Crippen LogP contribution >= 0.6 is 0 Å². The molecule has 0 heterocycles. The summed E-state index contributed by atoms with van der Waals surface area (Å²) in [5.74, 6) is 2.71. The summed E-state index contributed by atoms with van der Waals surface area (Å²) in [5.41, 5.74) is 3.86. The van der Waals surface area contributed by atoms with Crippen molar-refractivity contribution >= 4 is 97.0 Å². The molecular weight excluding hydrogens is 769 g/mol. The highest BCUT2D eigenvalue weighted by atomic mass is 16.5. The Balaban J connectivity index is 0.000000112. The number of hydrogen-bond donors (Lipinski definition) is 0. The van der Waals surface area contributed by atoms with Gasteiger partial charge in [0.05, 0.1) is 21.3 Å². The third kappa shape index (κ3) is 7.06. The third-order valence-electron chi connectivity index (χ3n) is 12.6. The van der Waals surface area contributed by atoms with E-state index in [1.165, 1.54) is 114 Å². The Kier molecular flexibility index (Phi) is 10.2. The largest absolute Gasteiger partial charge is 0.497 e. The Labute approximate surface area is 367 Å². The van der Waals surface area contributed by atoms with Gasteiger partial charge in [0, 0.05) is 0 Å². The maximum Gasteiger partial charge on any atom is 0.119 e. The highest BCUT2D eigenvalue weighted by molar-refractivity contribution is 6.27. The predicted molar refractivity (Wildman–Crippen MR) is 271 cm³/mol. The van der Waals surface area contributed by atoms with Crippen molar-refractivity contribution in [2.75, 3.05) is 21.3 Å². The van der Waals surface area contributed by atoms with Crippen LogP contribution in [0.5, 0.6) is 17.2 Å². The minimum absolute atomic E-state index is 0.902. The lowest BCUT2D eigenvalue weighted by Crippen LogP contribution is -1.86. The molecule has 0 spiro atoms. The Hall–Kier alpha value is -7.62. The summed E-state index contributed by atoms with van der Waals surface area (Å²) >= 11 is 0. The van der Waals surface area contributed by atoms with Crippen LogP contribution in [0.4, 0.5) is 0 Å². The zero-order chi connectivity index (χ0) is 43.2. The normalized spacial score (nSPS) is 11.3. The summed E-state index contributed by atoms with van der Waals surface area (Å²) in [6.45, 7) is 6.43. The van der Waals surface area contributed by atoms with Crippen molar-refractivity contribution in [1.29, 1.82) is 0 Å². The summed E-state index contributed by atoms with van der Waals surface area (Å²) in [7, 11) is 5.15. The molecule has 0 saturated heterocycles. The lowest BCUT2D eigenvalue weighted by atomic mass is 9.93. The molecule has 0 aliphatic carbocycles. The summed E-state index contributed by atoms with van der Waals surface area (Å²) in [6, 6.07) is 64.9. The van der Waals surface area contributed by atoms with Gasteiger partial charge in [0.15, 0.2) is 0 Å². The Morgan fingerprint density at radius 1 is 0.206 bits per heavy atom. The highest BCUT2D eigenvalue weighted by Gasteiger charge is 2.12. The molecule has 0 saturated carbocycles. The first-order valence-electron chi connectivity index (χ1n) is 21.5. The molecule has 3 heteroatoms. The molecule has 306 valence electrons. The maximum absolute atomic E-state index is 5.41. The van der Waals surface area contributed by atoms with Crippen LogP contribution in [0, 0.1) is 20.8 Å². The molecule has 0 N–H and O–H groups in total. The van der Waals surface area contributed by atoms with Crippen molar-refractivity contribution in [2.45, 2.75) is 20.8 Å². The van der Waals surface area contributed by atoms with Gasteiger partial charge in [-0.1, -0.05) is 162 Å². The average Bonchev–Trinajstić information content (AvgIpc) is 3.34. The van der Waals surface area contributed by atoms with Gasteiger partial charge in [-0.2, -0.15) is 0 Å². The smallest absolute Gasteiger partial charge is 0.119 e. The molecule has 0 aliphatic heterocycles. The molecule has 0 amide bonds. The van der Waals surface area contributed by atoms with Crippen molar-refractivity contribution in [3.63, 3.8) is 0 Å². The summed E-state index contributed by atoms with van der Waals surface area (Å²) in [5, 5.41) is 23.2. The van der Waals surface area contributed by atoms with E-state index in [-0.39, 0.29) is 0 Å². The Morgan fingerprint density at radius 2 is 0.397 bits per heavy atom. The molecule has 63 heavy (non-hydrogen) atoms. The molecule has 0 unspecified atom stereocenters. The van der Waals surface area contributed by atoms with Crippen LogP contribution in [0.25, 0.3) is 97.0 Å². The molecular formula is C60H48O3. The number of rotatable bonds is 3. The van der Waals surface area contributed by atoms with Gasteiger partial charge in [-0.25, -0.2) is 0 Å².